The molecule has 0 atom stereocenters. The number of hydrogen-bond acceptors (Lipinski definition) is 2. The van der Waals surface area contributed by atoms with Gasteiger partial charge >= 0.3 is 0 Å². The smallest absolute Gasteiger partial charge is 0.0602 e. The third-order valence-electron chi connectivity index (χ3n) is 3.42. The molecular formula is C12H24ClNO. The normalized spacial score (nSPS) is 27.2. The average Bonchev–Trinajstić information content (AvgIpc) is 2.25. The summed E-state index contributed by atoms with van der Waals surface area (Å²) in [6, 6.07) is 0.779. The van der Waals surface area contributed by atoms with Crippen molar-refractivity contribution >= 4 is 11.6 Å². The molecular weight excluding hydrogens is 210 g/mol. The maximum atomic E-state index is 5.54. The monoisotopic (exact) mass is 233 g/mol. The fourth-order valence-electron chi connectivity index (χ4n) is 2.23. The van der Waals surface area contributed by atoms with Crippen molar-refractivity contribution in [2.75, 3.05) is 32.7 Å². The molecule has 0 aliphatic heterocycles. The van der Waals surface area contributed by atoms with Crippen LogP contribution in [0.25, 0.3) is 0 Å². The fraction of sp³-hybridized carbons (Fsp3) is 1.00. The highest BCUT2D eigenvalue weighted by molar-refractivity contribution is 6.17. The van der Waals surface area contributed by atoms with E-state index in [9.17, 15) is 0 Å². The van der Waals surface area contributed by atoms with Crippen LogP contribution in [-0.4, -0.2) is 43.6 Å². The maximum absolute atomic E-state index is 5.54. The maximum Gasteiger partial charge on any atom is 0.0602 e. The SMILES string of the molecule is CC1CCC(N(C)CCOCCCl)CC1. The predicted molar refractivity (Wildman–Crippen MR) is 65.6 cm³/mol. The van der Waals surface area contributed by atoms with Gasteiger partial charge in [-0.25, -0.2) is 0 Å². The van der Waals surface area contributed by atoms with Crippen LogP contribution in [0.2, 0.25) is 0 Å². The molecule has 0 spiro atoms. The minimum absolute atomic E-state index is 0.602. The Balaban J connectivity index is 2.08. The molecule has 0 amide bonds. The first-order chi connectivity index (χ1) is 7.24. The Hall–Kier alpha value is 0.210. The summed E-state index contributed by atoms with van der Waals surface area (Å²) in [4.78, 5) is 2.44. The van der Waals surface area contributed by atoms with Gasteiger partial charge in [-0.1, -0.05) is 6.92 Å². The van der Waals surface area contributed by atoms with E-state index in [1.807, 2.05) is 0 Å². The highest BCUT2D eigenvalue weighted by atomic mass is 35.5. The summed E-state index contributed by atoms with van der Waals surface area (Å²) in [7, 11) is 2.21. The Morgan fingerprint density at radius 1 is 1.20 bits per heavy atom. The van der Waals surface area contributed by atoms with Crippen LogP contribution in [0.1, 0.15) is 32.6 Å². The Morgan fingerprint density at radius 2 is 1.87 bits per heavy atom. The van der Waals surface area contributed by atoms with E-state index in [0.29, 0.717) is 12.5 Å². The first kappa shape index (κ1) is 13.3. The summed E-state index contributed by atoms with van der Waals surface area (Å²) in [6.07, 6.45) is 5.48. The number of halogens is 1. The molecule has 0 bridgehead atoms. The van der Waals surface area contributed by atoms with E-state index in [2.05, 4.69) is 18.9 Å². The predicted octanol–water partition coefficient (Wildman–Crippen LogP) is 2.75. The summed E-state index contributed by atoms with van der Waals surface area (Å²) in [5, 5.41) is 0. The molecule has 90 valence electrons. The van der Waals surface area contributed by atoms with Gasteiger partial charge in [0.2, 0.25) is 0 Å². The van der Waals surface area contributed by atoms with E-state index >= 15 is 0 Å². The van der Waals surface area contributed by atoms with Crippen LogP contribution in [0.5, 0.6) is 0 Å². The van der Waals surface area contributed by atoms with Crippen molar-refractivity contribution in [3.63, 3.8) is 0 Å². The topological polar surface area (TPSA) is 12.5 Å². The van der Waals surface area contributed by atoms with Crippen molar-refractivity contribution < 1.29 is 4.74 Å². The van der Waals surface area contributed by atoms with Crippen molar-refractivity contribution in [3.8, 4) is 0 Å². The van der Waals surface area contributed by atoms with Gasteiger partial charge in [-0.3, -0.25) is 0 Å². The molecule has 1 aliphatic carbocycles. The Morgan fingerprint density at radius 3 is 2.47 bits per heavy atom. The lowest BCUT2D eigenvalue weighted by atomic mass is 9.87. The molecule has 1 rings (SSSR count). The molecule has 1 saturated carbocycles. The Kier molecular flexibility index (Phi) is 6.62. The molecule has 3 heteroatoms. The van der Waals surface area contributed by atoms with Crippen molar-refractivity contribution in [1.29, 1.82) is 0 Å². The average molecular weight is 234 g/mol. The van der Waals surface area contributed by atoms with Crippen LogP contribution < -0.4 is 0 Å². The molecule has 1 aliphatic rings. The number of likely N-dealkylation sites (N-methyl/N-ethyl adjacent to an activating group) is 1. The fourth-order valence-corrected chi connectivity index (χ4v) is 2.34. The van der Waals surface area contributed by atoms with E-state index in [1.54, 1.807) is 0 Å². The first-order valence-electron chi connectivity index (χ1n) is 6.08. The molecule has 15 heavy (non-hydrogen) atoms. The van der Waals surface area contributed by atoms with Gasteiger partial charge in [0, 0.05) is 18.5 Å². The third kappa shape index (κ3) is 5.19. The quantitative estimate of drug-likeness (QED) is 0.517. The van der Waals surface area contributed by atoms with E-state index in [1.165, 1.54) is 25.7 Å². The van der Waals surface area contributed by atoms with Crippen LogP contribution in [0.15, 0.2) is 0 Å². The lowest BCUT2D eigenvalue weighted by molar-refractivity contribution is 0.0936. The van der Waals surface area contributed by atoms with Gasteiger partial charge < -0.3 is 9.64 Å². The minimum atomic E-state index is 0.602. The number of hydrogen-bond donors (Lipinski definition) is 0. The van der Waals surface area contributed by atoms with Gasteiger partial charge in [0.1, 0.15) is 0 Å². The van der Waals surface area contributed by atoms with Gasteiger partial charge in [0.15, 0.2) is 0 Å². The van der Waals surface area contributed by atoms with E-state index in [0.717, 1.165) is 25.1 Å². The van der Waals surface area contributed by atoms with Gasteiger partial charge in [-0.15, -0.1) is 11.6 Å². The molecule has 0 aromatic carbocycles. The zero-order chi connectivity index (χ0) is 11.1. The summed E-state index contributed by atoms with van der Waals surface area (Å²) < 4.78 is 5.39. The van der Waals surface area contributed by atoms with Crippen molar-refractivity contribution in [3.05, 3.63) is 0 Å². The second kappa shape index (κ2) is 7.48. The molecule has 1 fully saturated rings. The second-order valence-electron chi connectivity index (χ2n) is 4.70. The zero-order valence-corrected chi connectivity index (χ0v) is 10.8. The highest BCUT2D eigenvalue weighted by Crippen LogP contribution is 2.26. The number of ether oxygens (including phenoxy) is 1. The number of rotatable bonds is 6. The van der Waals surface area contributed by atoms with Crippen LogP contribution in [0.3, 0.4) is 0 Å². The Bertz CT molecular complexity index is 158. The third-order valence-corrected chi connectivity index (χ3v) is 3.57. The van der Waals surface area contributed by atoms with Crippen molar-refractivity contribution in [1.82, 2.24) is 4.90 Å². The van der Waals surface area contributed by atoms with Crippen molar-refractivity contribution in [2.24, 2.45) is 5.92 Å². The standard InChI is InChI=1S/C12H24ClNO/c1-11-3-5-12(6-4-11)14(2)8-10-15-9-7-13/h11-12H,3-10H2,1-2H3. The minimum Gasteiger partial charge on any atom is -0.379 e. The zero-order valence-electron chi connectivity index (χ0n) is 10.0. The number of nitrogens with zero attached hydrogens (tertiary/aromatic N) is 1. The van der Waals surface area contributed by atoms with Crippen molar-refractivity contribution in [2.45, 2.75) is 38.6 Å². The molecule has 2 nitrogen and oxygen atoms in total. The van der Waals surface area contributed by atoms with Crippen LogP contribution in [-0.2, 0) is 4.74 Å². The Labute approximate surface area is 98.9 Å². The summed E-state index contributed by atoms with van der Waals surface area (Å²) >= 11 is 5.54. The number of alkyl halides is 1. The van der Waals surface area contributed by atoms with E-state index in [4.69, 9.17) is 16.3 Å². The van der Waals surface area contributed by atoms with Crippen LogP contribution >= 0.6 is 11.6 Å². The van der Waals surface area contributed by atoms with Gasteiger partial charge in [0.25, 0.3) is 0 Å². The van der Waals surface area contributed by atoms with Crippen LogP contribution in [0.4, 0.5) is 0 Å². The summed E-state index contributed by atoms with van der Waals surface area (Å²) in [6.45, 7) is 4.89. The van der Waals surface area contributed by atoms with E-state index in [-0.39, 0.29) is 0 Å². The lowest BCUT2D eigenvalue weighted by Crippen LogP contribution is -2.37. The van der Waals surface area contributed by atoms with Gasteiger partial charge in [-0.05, 0) is 38.6 Å². The van der Waals surface area contributed by atoms with E-state index < -0.39 is 0 Å². The molecule has 0 aromatic rings. The molecule has 0 aromatic heterocycles. The first-order valence-corrected chi connectivity index (χ1v) is 6.61. The summed E-state index contributed by atoms with van der Waals surface area (Å²) in [5.74, 6) is 1.53. The molecule has 0 unspecified atom stereocenters. The van der Waals surface area contributed by atoms with Crippen LogP contribution in [0, 0.1) is 5.92 Å². The molecule has 0 heterocycles. The molecule has 0 N–H and O–H groups in total. The lowest BCUT2D eigenvalue weighted by Gasteiger charge is -2.33. The van der Waals surface area contributed by atoms with Gasteiger partial charge in [0.05, 0.1) is 13.2 Å². The molecule has 0 saturated heterocycles. The molecule has 0 radical (unpaired) electrons. The van der Waals surface area contributed by atoms with Gasteiger partial charge in [-0.2, -0.15) is 0 Å². The second-order valence-corrected chi connectivity index (χ2v) is 5.07. The summed E-state index contributed by atoms with van der Waals surface area (Å²) in [5.41, 5.74) is 0. The largest absolute Gasteiger partial charge is 0.379 e. The highest BCUT2D eigenvalue weighted by Gasteiger charge is 2.21.